The highest BCUT2D eigenvalue weighted by Crippen LogP contribution is 2.34. The van der Waals surface area contributed by atoms with Crippen molar-refractivity contribution < 1.29 is 21.8 Å². The summed E-state index contributed by atoms with van der Waals surface area (Å²) in [5.41, 5.74) is 0.142. The van der Waals surface area contributed by atoms with Crippen LogP contribution in [0.25, 0.3) is 0 Å². The summed E-state index contributed by atoms with van der Waals surface area (Å²) in [4.78, 5) is 10.2. The van der Waals surface area contributed by atoms with Crippen molar-refractivity contribution >= 4 is 33.4 Å². The lowest BCUT2D eigenvalue weighted by Gasteiger charge is -2.10. The average molecular weight is 282 g/mol. The van der Waals surface area contributed by atoms with Crippen LogP contribution in [0.15, 0.2) is 17.0 Å². The van der Waals surface area contributed by atoms with Gasteiger partial charge in [0.05, 0.1) is 17.8 Å². The molecular weight excluding hydrogens is 273 g/mol. The molecule has 0 spiro atoms. The molecule has 0 bridgehead atoms. The quantitative estimate of drug-likeness (QED) is 0.860. The number of amides is 1. The standard InChI is InChI=1S/C9H9ClFNO4S/c1-5(13)12-7-4-8(16-2)9(3-6(7)10)17(11,14)15/h3-4H,1-2H3,(H,12,13). The van der Waals surface area contributed by atoms with Crippen molar-refractivity contribution in [2.75, 3.05) is 12.4 Å². The van der Waals surface area contributed by atoms with Crippen LogP contribution in [-0.2, 0) is 15.0 Å². The third-order valence-electron chi connectivity index (χ3n) is 1.83. The molecule has 0 radical (unpaired) electrons. The maximum atomic E-state index is 12.9. The first kappa shape index (κ1) is 13.7. The van der Waals surface area contributed by atoms with Crippen molar-refractivity contribution in [2.24, 2.45) is 0 Å². The smallest absolute Gasteiger partial charge is 0.335 e. The van der Waals surface area contributed by atoms with E-state index in [1.54, 1.807) is 0 Å². The summed E-state index contributed by atoms with van der Waals surface area (Å²) >= 11 is 5.71. The van der Waals surface area contributed by atoms with Crippen LogP contribution in [0.3, 0.4) is 0 Å². The molecule has 0 aromatic heterocycles. The molecule has 0 saturated heterocycles. The number of hydrogen-bond donors (Lipinski definition) is 1. The molecule has 1 aromatic carbocycles. The Balaban J connectivity index is 3.40. The van der Waals surface area contributed by atoms with Crippen LogP contribution in [0.1, 0.15) is 6.92 Å². The minimum Gasteiger partial charge on any atom is -0.495 e. The fourth-order valence-electron chi connectivity index (χ4n) is 1.17. The molecule has 1 rings (SSSR count). The molecule has 5 nitrogen and oxygen atoms in total. The van der Waals surface area contributed by atoms with Gasteiger partial charge in [-0.05, 0) is 6.07 Å². The monoisotopic (exact) mass is 281 g/mol. The zero-order valence-electron chi connectivity index (χ0n) is 8.95. The number of methoxy groups -OCH3 is 1. The molecule has 1 amide bonds. The minimum atomic E-state index is -4.94. The molecule has 0 unspecified atom stereocenters. The highest BCUT2D eigenvalue weighted by Gasteiger charge is 2.21. The molecule has 8 heteroatoms. The highest BCUT2D eigenvalue weighted by atomic mass is 35.5. The summed E-state index contributed by atoms with van der Waals surface area (Å²) < 4.78 is 39.2. The summed E-state index contributed by atoms with van der Waals surface area (Å²) in [6.45, 7) is 1.25. The number of halogens is 2. The third-order valence-corrected chi connectivity index (χ3v) is 2.98. The summed E-state index contributed by atoms with van der Waals surface area (Å²) in [6, 6.07) is 2.01. The lowest BCUT2D eigenvalue weighted by Crippen LogP contribution is -2.07. The summed E-state index contributed by atoms with van der Waals surface area (Å²) in [6.07, 6.45) is 0. The Morgan fingerprint density at radius 3 is 2.47 bits per heavy atom. The Hall–Kier alpha value is -1.34. The average Bonchev–Trinajstić information content (AvgIpc) is 2.18. The second-order valence-corrected chi connectivity index (χ2v) is 4.82. The van der Waals surface area contributed by atoms with E-state index in [2.05, 4.69) is 5.32 Å². The number of rotatable bonds is 3. The van der Waals surface area contributed by atoms with E-state index in [1.165, 1.54) is 14.0 Å². The largest absolute Gasteiger partial charge is 0.495 e. The maximum Gasteiger partial charge on any atom is 0.335 e. The Morgan fingerprint density at radius 1 is 1.47 bits per heavy atom. The van der Waals surface area contributed by atoms with Gasteiger partial charge in [0.25, 0.3) is 0 Å². The molecule has 0 atom stereocenters. The van der Waals surface area contributed by atoms with E-state index in [0.717, 1.165) is 12.1 Å². The Kier molecular flexibility index (Phi) is 3.94. The van der Waals surface area contributed by atoms with Gasteiger partial charge in [0.1, 0.15) is 10.6 Å². The normalized spacial score (nSPS) is 11.1. The lowest BCUT2D eigenvalue weighted by molar-refractivity contribution is -0.114. The number of carbonyl (C=O) groups excluding carboxylic acids is 1. The molecule has 0 aliphatic carbocycles. The van der Waals surface area contributed by atoms with Gasteiger partial charge < -0.3 is 10.1 Å². The fraction of sp³-hybridized carbons (Fsp3) is 0.222. The topological polar surface area (TPSA) is 72.5 Å². The molecule has 0 saturated carbocycles. The van der Waals surface area contributed by atoms with Crippen molar-refractivity contribution in [1.82, 2.24) is 0 Å². The Labute approximate surface area is 103 Å². The van der Waals surface area contributed by atoms with Crippen LogP contribution >= 0.6 is 11.6 Å². The SMILES string of the molecule is COc1cc(NC(C)=O)c(Cl)cc1S(=O)(=O)F. The summed E-state index contributed by atoms with van der Waals surface area (Å²) in [5.74, 6) is -0.634. The number of hydrogen-bond acceptors (Lipinski definition) is 4. The van der Waals surface area contributed by atoms with Crippen LogP contribution in [0.4, 0.5) is 9.57 Å². The van der Waals surface area contributed by atoms with Crippen LogP contribution < -0.4 is 10.1 Å². The van der Waals surface area contributed by atoms with Gasteiger partial charge in [-0.25, -0.2) is 0 Å². The number of anilines is 1. The lowest BCUT2D eigenvalue weighted by atomic mass is 10.3. The van der Waals surface area contributed by atoms with Gasteiger partial charge in [-0.3, -0.25) is 4.79 Å². The molecule has 1 aromatic rings. The van der Waals surface area contributed by atoms with E-state index in [0.29, 0.717) is 0 Å². The van der Waals surface area contributed by atoms with Crippen LogP contribution in [-0.4, -0.2) is 21.4 Å². The van der Waals surface area contributed by atoms with Crippen molar-refractivity contribution in [3.05, 3.63) is 17.2 Å². The number of benzene rings is 1. The van der Waals surface area contributed by atoms with Gasteiger partial charge in [-0.15, -0.1) is 3.89 Å². The second-order valence-electron chi connectivity index (χ2n) is 3.10. The number of ether oxygens (including phenoxy) is 1. The van der Waals surface area contributed by atoms with E-state index >= 15 is 0 Å². The van der Waals surface area contributed by atoms with E-state index in [4.69, 9.17) is 16.3 Å². The van der Waals surface area contributed by atoms with Crippen molar-refractivity contribution in [1.29, 1.82) is 0 Å². The van der Waals surface area contributed by atoms with E-state index in [9.17, 15) is 17.1 Å². The maximum absolute atomic E-state index is 12.9. The first-order valence-electron chi connectivity index (χ1n) is 4.35. The van der Waals surface area contributed by atoms with Crippen molar-refractivity contribution in [2.45, 2.75) is 11.8 Å². The molecule has 0 aliphatic heterocycles. The second kappa shape index (κ2) is 4.89. The van der Waals surface area contributed by atoms with E-state index in [1.807, 2.05) is 0 Å². The zero-order chi connectivity index (χ0) is 13.2. The number of nitrogens with one attached hydrogen (secondary N) is 1. The molecule has 94 valence electrons. The van der Waals surface area contributed by atoms with Gasteiger partial charge in [0.2, 0.25) is 5.91 Å². The summed E-state index contributed by atoms with van der Waals surface area (Å²) in [5, 5.41) is 2.26. The van der Waals surface area contributed by atoms with Crippen LogP contribution in [0.2, 0.25) is 5.02 Å². The third kappa shape index (κ3) is 3.31. The first-order chi connectivity index (χ1) is 7.75. The van der Waals surface area contributed by atoms with Gasteiger partial charge in [0.15, 0.2) is 0 Å². The summed E-state index contributed by atoms with van der Waals surface area (Å²) in [7, 11) is -3.76. The molecular formula is C9H9ClFNO4S. The fourth-order valence-corrected chi connectivity index (χ4v) is 2.09. The van der Waals surface area contributed by atoms with Gasteiger partial charge >= 0.3 is 10.2 Å². The molecule has 0 heterocycles. The van der Waals surface area contributed by atoms with Crippen LogP contribution in [0.5, 0.6) is 5.75 Å². The van der Waals surface area contributed by atoms with Gasteiger partial charge in [-0.2, -0.15) is 8.42 Å². The zero-order valence-corrected chi connectivity index (χ0v) is 10.5. The molecule has 17 heavy (non-hydrogen) atoms. The van der Waals surface area contributed by atoms with Gasteiger partial charge in [-0.1, -0.05) is 11.6 Å². The van der Waals surface area contributed by atoms with Crippen LogP contribution in [0, 0.1) is 0 Å². The van der Waals surface area contributed by atoms with E-state index in [-0.39, 0.29) is 16.5 Å². The van der Waals surface area contributed by atoms with Crippen molar-refractivity contribution in [3.63, 3.8) is 0 Å². The minimum absolute atomic E-state index is 0.0998. The Morgan fingerprint density at radius 2 is 2.06 bits per heavy atom. The van der Waals surface area contributed by atoms with Crippen molar-refractivity contribution in [3.8, 4) is 5.75 Å². The Bertz CT molecular complexity index is 558. The predicted molar refractivity (Wildman–Crippen MR) is 60.6 cm³/mol. The number of carbonyl (C=O) groups is 1. The highest BCUT2D eigenvalue weighted by molar-refractivity contribution is 7.86. The van der Waals surface area contributed by atoms with Gasteiger partial charge in [0, 0.05) is 13.0 Å². The predicted octanol–water partition coefficient (Wildman–Crippen LogP) is 1.97. The van der Waals surface area contributed by atoms with E-state index < -0.39 is 21.0 Å². The molecule has 0 fully saturated rings. The first-order valence-corrected chi connectivity index (χ1v) is 6.11. The molecule has 1 N–H and O–H groups in total. The molecule has 0 aliphatic rings.